The standard InChI is InChI=1S/C19H19ClN4O5/c20-17-11-15(24(26)27)3-6-18(17)29-16-4-1-14(2-5-16)12-21-22-19(25)13-23-7-9-28-10-8-23/h1-6,11-12H,7-10,13H2,(H,22,25)/b21-12-. The van der Waals surface area contributed by atoms with Gasteiger partial charge in [0.25, 0.3) is 11.6 Å². The van der Waals surface area contributed by atoms with Crippen molar-refractivity contribution in [2.75, 3.05) is 32.8 Å². The van der Waals surface area contributed by atoms with Crippen LogP contribution >= 0.6 is 11.6 Å². The van der Waals surface area contributed by atoms with E-state index in [-0.39, 0.29) is 23.2 Å². The van der Waals surface area contributed by atoms with Crippen molar-refractivity contribution in [3.05, 3.63) is 63.2 Å². The Balaban J connectivity index is 1.51. The van der Waals surface area contributed by atoms with E-state index in [1.54, 1.807) is 24.3 Å². The maximum Gasteiger partial charge on any atom is 0.271 e. The minimum Gasteiger partial charge on any atom is -0.456 e. The van der Waals surface area contributed by atoms with E-state index >= 15 is 0 Å². The van der Waals surface area contributed by atoms with Gasteiger partial charge in [-0.2, -0.15) is 5.10 Å². The molecule has 1 aliphatic heterocycles. The van der Waals surface area contributed by atoms with Crippen LogP contribution in [0.15, 0.2) is 47.6 Å². The monoisotopic (exact) mass is 418 g/mol. The Bertz CT molecular complexity index is 898. The van der Waals surface area contributed by atoms with E-state index in [1.807, 2.05) is 4.90 Å². The summed E-state index contributed by atoms with van der Waals surface area (Å²) in [4.78, 5) is 24.1. The lowest BCUT2D eigenvalue weighted by Gasteiger charge is -2.25. The molecule has 0 aliphatic carbocycles. The second-order valence-electron chi connectivity index (χ2n) is 6.22. The number of nitrogens with zero attached hydrogens (tertiary/aromatic N) is 3. The van der Waals surface area contributed by atoms with Gasteiger partial charge in [-0.3, -0.25) is 19.8 Å². The Morgan fingerprint density at radius 1 is 1.28 bits per heavy atom. The highest BCUT2D eigenvalue weighted by Gasteiger charge is 2.13. The number of nitrogens with one attached hydrogen (secondary N) is 1. The molecule has 2 aromatic rings. The number of carbonyl (C=O) groups is 1. The van der Waals surface area contributed by atoms with Crippen molar-refractivity contribution in [2.45, 2.75) is 0 Å². The molecule has 1 fully saturated rings. The number of carbonyl (C=O) groups excluding carboxylic acids is 1. The molecule has 29 heavy (non-hydrogen) atoms. The number of nitro benzene ring substituents is 1. The fourth-order valence-electron chi connectivity index (χ4n) is 2.61. The van der Waals surface area contributed by atoms with Crippen LogP contribution in [0, 0.1) is 10.1 Å². The molecule has 0 bridgehead atoms. The van der Waals surface area contributed by atoms with Gasteiger partial charge in [0.1, 0.15) is 11.5 Å². The SMILES string of the molecule is O=C(CN1CCOCC1)N/N=C\c1ccc(Oc2ccc([N+](=O)[O-])cc2Cl)cc1. The quantitative estimate of drug-likeness (QED) is 0.421. The third-order valence-electron chi connectivity index (χ3n) is 4.11. The van der Waals surface area contributed by atoms with Crippen LogP contribution in [0.3, 0.4) is 0 Å². The number of ether oxygens (including phenoxy) is 2. The summed E-state index contributed by atoms with van der Waals surface area (Å²) in [6.07, 6.45) is 1.53. The number of nitro groups is 1. The first-order valence-electron chi connectivity index (χ1n) is 8.85. The van der Waals surface area contributed by atoms with Crippen molar-refractivity contribution in [1.82, 2.24) is 10.3 Å². The molecule has 0 saturated carbocycles. The zero-order valence-electron chi connectivity index (χ0n) is 15.4. The fraction of sp³-hybridized carbons (Fsp3) is 0.263. The lowest BCUT2D eigenvalue weighted by molar-refractivity contribution is -0.384. The van der Waals surface area contributed by atoms with Crippen LogP contribution in [0.1, 0.15) is 5.56 Å². The van der Waals surface area contributed by atoms with E-state index in [0.29, 0.717) is 24.7 Å². The van der Waals surface area contributed by atoms with Gasteiger partial charge in [-0.25, -0.2) is 5.43 Å². The minimum absolute atomic E-state index is 0.107. The minimum atomic E-state index is -0.524. The van der Waals surface area contributed by atoms with Gasteiger partial charge in [0.15, 0.2) is 0 Å². The lowest BCUT2D eigenvalue weighted by atomic mass is 10.2. The maximum atomic E-state index is 11.9. The number of rotatable bonds is 7. The molecule has 1 amide bonds. The van der Waals surface area contributed by atoms with E-state index in [2.05, 4.69) is 10.5 Å². The number of hydrogen-bond donors (Lipinski definition) is 1. The van der Waals surface area contributed by atoms with Crippen molar-refractivity contribution >= 4 is 29.4 Å². The number of morpholine rings is 1. The molecule has 1 saturated heterocycles. The Morgan fingerprint density at radius 3 is 2.66 bits per heavy atom. The molecular formula is C19H19ClN4O5. The van der Waals surface area contributed by atoms with Crippen molar-refractivity contribution in [3.63, 3.8) is 0 Å². The molecule has 0 unspecified atom stereocenters. The summed E-state index contributed by atoms with van der Waals surface area (Å²) in [7, 11) is 0. The Morgan fingerprint density at radius 2 is 2.00 bits per heavy atom. The first-order valence-corrected chi connectivity index (χ1v) is 9.23. The topological polar surface area (TPSA) is 106 Å². The second-order valence-corrected chi connectivity index (χ2v) is 6.63. The summed E-state index contributed by atoms with van der Waals surface area (Å²) in [5.74, 6) is 0.638. The maximum absolute atomic E-state index is 11.9. The molecule has 0 atom stereocenters. The molecule has 0 spiro atoms. The molecule has 0 radical (unpaired) electrons. The molecule has 1 aliphatic rings. The van der Waals surface area contributed by atoms with Gasteiger partial charge in [0.05, 0.1) is 35.9 Å². The zero-order chi connectivity index (χ0) is 20.6. The largest absolute Gasteiger partial charge is 0.456 e. The van der Waals surface area contributed by atoms with Crippen molar-refractivity contribution < 1.29 is 19.2 Å². The van der Waals surface area contributed by atoms with Crippen LogP contribution in [0.25, 0.3) is 0 Å². The number of hydrogen-bond acceptors (Lipinski definition) is 7. The van der Waals surface area contributed by atoms with Crippen LogP contribution in [0.4, 0.5) is 5.69 Å². The predicted molar refractivity (Wildman–Crippen MR) is 108 cm³/mol. The van der Waals surface area contributed by atoms with Crippen LogP contribution in [0.5, 0.6) is 11.5 Å². The number of amides is 1. The highest BCUT2D eigenvalue weighted by Crippen LogP contribution is 2.32. The third kappa shape index (κ3) is 6.24. The molecule has 9 nitrogen and oxygen atoms in total. The summed E-state index contributed by atoms with van der Waals surface area (Å²) >= 11 is 6.02. The summed E-state index contributed by atoms with van der Waals surface area (Å²) in [5.41, 5.74) is 3.15. The van der Waals surface area contributed by atoms with E-state index < -0.39 is 4.92 Å². The van der Waals surface area contributed by atoms with Gasteiger partial charge in [-0.15, -0.1) is 0 Å². The van der Waals surface area contributed by atoms with Crippen LogP contribution in [0.2, 0.25) is 5.02 Å². The number of hydrazone groups is 1. The van der Waals surface area contributed by atoms with E-state index in [4.69, 9.17) is 21.1 Å². The summed E-state index contributed by atoms with van der Waals surface area (Å²) in [5, 5.41) is 14.8. The van der Waals surface area contributed by atoms with E-state index in [9.17, 15) is 14.9 Å². The van der Waals surface area contributed by atoms with Gasteiger partial charge < -0.3 is 9.47 Å². The van der Waals surface area contributed by atoms with Crippen molar-refractivity contribution in [3.8, 4) is 11.5 Å². The first kappa shape index (κ1) is 20.7. The number of halogens is 1. The highest BCUT2D eigenvalue weighted by atomic mass is 35.5. The Hall–Kier alpha value is -3.01. The first-order chi connectivity index (χ1) is 14.0. The van der Waals surface area contributed by atoms with Crippen LogP contribution in [-0.2, 0) is 9.53 Å². The number of non-ortho nitro benzene ring substituents is 1. The average molecular weight is 419 g/mol. The molecule has 2 aromatic carbocycles. The molecule has 10 heteroatoms. The smallest absolute Gasteiger partial charge is 0.271 e. The summed E-state index contributed by atoms with van der Waals surface area (Å²) in [6.45, 7) is 3.02. The molecular weight excluding hydrogens is 400 g/mol. The average Bonchev–Trinajstić information content (AvgIpc) is 2.71. The van der Waals surface area contributed by atoms with Crippen molar-refractivity contribution in [2.24, 2.45) is 5.10 Å². The molecule has 1 heterocycles. The normalized spacial score (nSPS) is 14.7. The Labute approximate surface area is 172 Å². The lowest BCUT2D eigenvalue weighted by Crippen LogP contribution is -2.42. The molecule has 152 valence electrons. The summed E-state index contributed by atoms with van der Waals surface area (Å²) in [6, 6.07) is 10.9. The Kier molecular flexibility index (Phi) is 7.12. The van der Waals surface area contributed by atoms with Gasteiger partial charge in [-0.1, -0.05) is 11.6 Å². The fourth-order valence-corrected chi connectivity index (χ4v) is 2.82. The van der Waals surface area contributed by atoms with Crippen LogP contribution < -0.4 is 10.2 Å². The van der Waals surface area contributed by atoms with E-state index in [0.717, 1.165) is 18.7 Å². The predicted octanol–water partition coefficient (Wildman–Crippen LogP) is 2.82. The van der Waals surface area contributed by atoms with Crippen LogP contribution in [-0.4, -0.2) is 54.8 Å². The second kappa shape index (κ2) is 9.97. The zero-order valence-corrected chi connectivity index (χ0v) is 16.2. The van der Waals surface area contributed by atoms with Gasteiger partial charge >= 0.3 is 0 Å². The van der Waals surface area contributed by atoms with Gasteiger partial charge in [0.2, 0.25) is 0 Å². The molecule has 3 rings (SSSR count). The van der Waals surface area contributed by atoms with E-state index in [1.165, 1.54) is 24.4 Å². The molecule has 1 N–H and O–H groups in total. The third-order valence-corrected chi connectivity index (χ3v) is 4.40. The highest BCUT2D eigenvalue weighted by molar-refractivity contribution is 6.32. The van der Waals surface area contributed by atoms with Crippen molar-refractivity contribution in [1.29, 1.82) is 0 Å². The summed E-state index contributed by atoms with van der Waals surface area (Å²) < 4.78 is 10.9. The molecule has 0 aromatic heterocycles. The number of benzene rings is 2. The van der Waals surface area contributed by atoms with Gasteiger partial charge in [0, 0.05) is 25.2 Å². The van der Waals surface area contributed by atoms with Gasteiger partial charge in [-0.05, 0) is 35.9 Å².